The van der Waals surface area contributed by atoms with Crippen LogP contribution in [0.3, 0.4) is 0 Å². The summed E-state index contributed by atoms with van der Waals surface area (Å²) in [6.07, 6.45) is 7.35. The summed E-state index contributed by atoms with van der Waals surface area (Å²) >= 11 is 1.56. The SMILES string of the molecule is NC(=O)[C@@H]1[C@H](Nc2nc(Nc3cccc(C(=O)N4CCCC4)c3)nc3ccsc23)[C@H]2C=C[C@@H]1C2. The molecule has 8 nitrogen and oxygen atoms in total. The van der Waals surface area contributed by atoms with Crippen molar-refractivity contribution < 1.29 is 9.59 Å². The summed E-state index contributed by atoms with van der Waals surface area (Å²) in [4.78, 5) is 36.3. The van der Waals surface area contributed by atoms with Crippen molar-refractivity contribution in [1.29, 1.82) is 0 Å². The first-order valence-electron chi connectivity index (χ1n) is 11.7. The number of nitrogens with zero attached hydrogens (tertiary/aromatic N) is 3. The van der Waals surface area contributed by atoms with E-state index in [4.69, 9.17) is 10.7 Å². The van der Waals surface area contributed by atoms with Crippen LogP contribution in [0.2, 0.25) is 0 Å². The molecule has 1 aliphatic heterocycles. The minimum absolute atomic E-state index is 0.0551. The van der Waals surface area contributed by atoms with Crippen LogP contribution in [0.1, 0.15) is 29.6 Å². The summed E-state index contributed by atoms with van der Waals surface area (Å²) < 4.78 is 0.943. The Morgan fingerprint density at radius 3 is 2.74 bits per heavy atom. The van der Waals surface area contributed by atoms with Crippen LogP contribution < -0.4 is 16.4 Å². The molecule has 3 aliphatic rings. The minimum atomic E-state index is -0.274. The summed E-state index contributed by atoms with van der Waals surface area (Å²) in [5, 5.41) is 8.79. The molecule has 3 heterocycles. The number of nitrogens with two attached hydrogens (primary N) is 1. The van der Waals surface area contributed by atoms with Crippen LogP contribution in [0.5, 0.6) is 0 Å². The van der Waals surface area contributed by atoms with Crippen LogP contribution in [0.25, 0.3) is 10.2 Å². The number of rotatable bonds is 6. The maximum Gasteiger partial charge on any atom is 0.253 e. The smallest absolute Gasteiger partial charge is 0.253 e. The van der Waals surface area contributed by atoms with E-state index in [1.807, 2.05) is 40.6 Å². The van der Waals surface area contributed by atoms with E-state index < -0.39 is 0 Å². The van der Waals surface area contributed by atoms with Gasteiger partial charge in [-0.1, -0.05) is 18.2 Å². The van der Waals surface area contributed by atoms with Crippen molar-refractivity contribution in [3.05, 3.63) is 53.4 Å². The second kappa shape index (κ2) is 8.39. The van der Waals surface area contributed by atoms with Crippen molar-refractivity contribution >= 4 is 50.8 Å². The molecule has 34 heavy (non-hydrogen) atoms. The molecule has 6 rings (SSSR count). The topological polar surface area (TPSA) is 113 Å². The summed E-state index contributed by atoms with van der Waals surface area (Å²) in [6, 6.07) is 9.33. The van der Waals surface area contributed by atoms with Gasteiger partial charge in [-0.3, -0.25) is 9.59 Å². The molecule has 0 unspecified atom stereocenters. The Morgan fingerprint density at radius 2 is 1.91 bits per heavy atom. The summed E-state index contributed by atoms with van der Waals surface area (Å²) in [7, 11) is 0. The number of hydrogen-bond acceptors (Lipinski definition) is 7. The lowest BCUT2D eigenvalue weighted by Gasteiger charge is -2.27. The Morgan fingerprint density at radius 1 is 1.09 bits per heavy atom. The van der Waals surface area contributed by atoms with Crippen LogP contribution in [0.4, 0.5) is 17.5 Å². The predicted octanol–water partition coefficient (Wildman–Crippen LogP) is 3.76. The first kappa shape index (κ1) is 21.1. The number of likely N-dealkylation sites (tertiary alicyclic amines) is 1. The Hall–Kier alpha value is -3.46. The van der Waals surface area contributed by atoms with Gasteiger partial charge in [-0.25, -0.2) is 4.98 Å². The van der Waals surface area contributed by atoms with E-state index in [1.54, 1.807) is 11.3 Å². The largest absolute Gasteiger partial charge is 0.369 e. The van der Waals surface area contributed by atoms with Crippen molar-refractivity contribution in [3.8, 4) is 0 Å². The van der Waals surface area contributed by atoms with E-state index in [0.29, 0.717) is 17.3 Å². The van der Waals surface area contributed by atoms with Crippen LogP contribution in [0.15, 0.2) is 47.9 Å². The number of fused-ring (bicyclic) bond motifs is 3. The van der Waals surface area contributed by atoms with E-state index >= 15 is 0 Å². The molecule has 2 aliphatic carbocycles. The Labute approximate surface area is 201 Å². The van der Waals surface area contributed by atoms with E-state index in [9.17, 15) is 9.59 Å². The molecule has 1 saturated heterocycles. The van der Waals surface area contributed by atoms with Crippen molar-refractivity contribution in [1.82, 2.24) is 14.9 Å². The number of carbonyl (C=O) groups is 2. The molecule has 9 heteroatoms. The highest BCUT2D eigenvalue weighted by Crippen LogP contribution is 2.45. The average molecular weight is 475 g/mol. The first-order chi connectivity index (χ1) is 16.6. The van der Waals surface area contributed by atoms with E-state index in [1.165, 1.54) is 0 Å². The molecule has 2 aromatic heterocycles. The van der Waals surface area contributed by atoms with Gasteiger partial charge in [-0.05, 0) is 60.7 Å². The predicted molar refractivity (Wildman–Crippen MR) is 133 cm³/mol. The fourth-order valence-electron chi connectivity index (χ4n) is 5.54. The minimum Gasteiger partial charge on any atom is -0.369 e. The zero-order chi connectivity index (χ0) is 23.2. The molecule has 4 atom stereocenters. The number of hydrogen-bond donors (Lipinski definition) is 3. The fourth-order valence-corrected chi connectivity index (χ4v) is 6.33. The van der Waals surface area contributed by atoms with Crippen molar-refractivity contribution in [2.24, 2.45) is 23.5 Å². The first-order valence-corrected chi connectivity index (χ1v) is 12.6. The number of nitrogens with one attached hydrogen (secondary N) is 2. The highest BCUT2D eigenvalue weighted by Gasteiger charge is 2.47. The Kier molecular flexibility index (Phi) is 5.21. The monoisotopic (exact) mass is 474 g/mol. The lowest BCUT2D eigenvalue weighted by Crippen LogP contribution is -2.41. The number of benzene rings is 1. The lowest BCUT2D eigenvalue weighted by atomic mass is 9.88. The molecular formula is C25H26N6O2S. The molecule has 1 aromatic carbocycles. The van der Waals surface area contributed by atoms with Gasteiger partial charge in [0.05, 0.1) is 16.1 Å². The fraction of sp³-hybridized carbons (Fsp3) is 0.360. The maximum atomic E-state index is 12.8. The molecule has 2 bridgehead atoms. The number of thiophene rings is 1. The highest BCUT2D eigenvalue weighted by atomic mass is 32.1. The average Bonchev–Trinajstić information content (AvgIpc) is 3.63. The van der Waals surface area contributed by atoms with Crippen LogP contribution >= 0.6 is 11.3 Å². The van der Waals surface area contributed by atoms with Gasteiger partial charge in [0.25, 0.3) is 5.91 Å². The lowest BCUT2D eigenvalue weighted by molar-refractivity contribution is -0.122. The van der Waals surface area contributed by atoms with Crippen LogP contribution in [-0.4, -0.2) is 45.8 Å². The van der Waals surface area contributed by atoms with Gasteiger partial charge in [0.1, 0.15) is 5.82 Å². The standard InChI is InChI=1S/C25H26N6O2S/c26-22(32)19-14-6-7-15(12-14)20(19)29-23-21-18(8-11-34-21)28-25(30-23)27-17-5-3-4-16(13-17)24(33)31-9-1-2-10-31/h3-8,11,13-15,19-20H,1-2,9-10,12H2,(H2,26,32)(H2,27,28,29,30)/t14-,15+,19+,20-/m1/s1. The van der Waals surface area contributed by atoms with Crippen molar-refractivity contribution in [3.63, 3.8) is 0 Å². The molecule has 2 fully saturated rings. The summed E-state index contributed by atoms with van der Waals surface area (Å²) in [5.41, 5.74) is 7.98. The molecule has 2 amide bonds. The normalized spacial score (nSPS) is 25.2. The number of allylic oxidation sites excluding steroid dienone is 1. The number of carbonyl (C=O) groups excluding carboxylic acids is 2. The molecule has 1 saturated carbocycles. The zero-order valence-corrected chi connectivity index (χ0v) is 19.4. The Balaban J connectivity index is 1.28. The third kappa shape index (κ3) is 3.69. The number of primary amides is 1. The third-order valence-electron chi connectivity index (χ3n) is 7.15. The molecule has 4 N–H and O–H groups in total. The van der Waals surface area contributed by atoms with Gasteiger partial charge >= 0.3 is 0 Å². The van der Waals surface area contributed by atoms with Crippen molar-refractivity contribution in [2.45, 2.75) is 25.3 Å². The van der Waals surface area contributed by atoms with Gasteiger partial charge in [0.15, 0.2) is 0 Å². The molecule has 0 spiro atoms. The number of amides is 2. The number of aromatic nitrogens is 2. The van der Waals surface area contributed by atoms with Gasteiger partial charge in [-0.2, -0.15) is 4.98 Å². The van der Waals surface area contributed by atoms with Gasteiger partial charge in [-0.15, -0.1) is 11.3 Å². The Bertz CT molecular complexity index is 1300. The molecule has 0 radical (unpaired) electrons. The van der Waals surface area contributed by atoms with Gasteiger partial charge < -0.3 is 21.3 Å². The molecular weight excluding hydrogens is 448 g/mol. The maximum absolute atomic E-state index is 12.8. The van der Waals surface area contributed by atoms with E-state index in [0.717, 1.165) is 48.3 Å². The van der Waals surface area contributed by atoms with Gasteiger partial charge in [0.2, 0.25) is 11.9 Å². The quantitative estimate of drug-likeness (QED) is 0.469. The summed E-state index contributed by atoms with van der Waals surface area (Å²) in [6.45, 7) is 1.63. The second-order valence-electron chi connectivity index (χ2n) is 9.28. The van der Waals surface area contributed by atoms with Crippen LogP contribution in [-0.2, 0) is 4.79 Å². The second-order valence-corrected chi connectivity index (χ2v) is 10.2. The zero-order valence-electron chi connectivity index (χ0n) is 18.6. The molecule has 174 valence electrons. The number of anilines is 3. The van der Waals surface area contributed by atoms with Gasteiger partial charge in [0, 0.05) is 30.4 Å². The summed E-state index contributed by atoms with van der Waals surface area (Å²) in [5.74, 6) is 1.12. The molecule has 3 aromatic rings. The van der Waals surface area contributed by atoms with E-state index in [-0.39, 0.29) is 35.6 Å². The van der Waals surface area contributed by atoms with Crippen molar-refractivity contribution in [2.75, 3.05) is 23.7 Å². The highest BCUT2D eigenvalue weighted by molar-refractivity contribution is 7.17. The third-order valence-corrected chi connectivity index (χ3v) is 8.06. The van der Waals surface area contributed by atoms with E-state index in [2.05, 4.69) is 27.8 Å². The van der Waals surface area contributed by atoms with Crippen LogP contribution in [0, 0.1) is 17.8 Å².